The van der Waals surface area contributed by atoms with Crippen molar-refractivity contribution in [2.24, 2.45) is 0 Å². The average Bonchev–Trinajstić information content (AvgIpc) is 2.77. The van der Waals surface area contributed by atoms with Gasteiger partial charge >= 0.3 is 12.6 Å². The lowest BCUT2D eigenvalue weighted by atomic mass is 10.2. The van der Waals surface area contributed by atoms with E-state index in [4.69, 9.17) is 4.74 Å². The normalized spacial score (nSPS) is 11.5. The topological polar surface area (TPSA) is 76.5 Å². The van der Waals surface area contributed by atoms with E-state index in [1.165, 1.54) is 25.1 Å². The van der Waals surface area contributed by atoms with E-state index in [0.29, 0.717) is 4.68 Å². The summed E-state index contributed by atoms with van der Waals surface area (Å²) in [6.45, 7) is 1.91. The molecule has 1 aromatic heterocycles. The van der Waals surface area contributed by atoms with Gasteiger partial charge in [0.05, 0.1) is 12.2 Å². The van der Waals surface area contributed by atoms with Gasteiger partial charge in [-0.15, -0.1) is 0 Å². The Bertz CT molecular complexity index is 550. The molecule has 22 heavy (non-hydrogen) atoms. The van der Waals surface area contributed by atoms with Crippen molar-refractivity contribution in [2.75, 3.05) is 14.1 Å². The zero-order valence-corrected chi connectivity index (χ0v) is 13.2. The van der Waals surface area contributed by atoms with Gasteiger partial charge < -0.3 is 15.0 Å². The van der Waals surface area contributed by atoms with Crippen LogP contribution in [0, 0.1) is 0 Å². The molecule has 1 heterocycles. The third-order valence-electron chi connectivity index (χ3n) is 2.44. The average molecular weight is 318 g/mol. The first-order chi connectivity index (χ1) is 10.0. The van der Waals surface area contributed by atoms with Crippen molar-refractivity contribution in [1.29, 1.82) is 0 Å². The van der Waals surface area contributed by atoms with E-state index in [-0.39, 0.29) is 17.9 Å². The number of rotatable bonds is 4. The van der Waals surface area contributed by atoms with Crippen molar-refractivity contribution in [3.05, 3.63) is 17.5 Å². The quantitative estimate of drug-likeness (QED) is 0.921. The number of alkyl halides is 2. The number of carbonyl (C=O) groups is 2. The standard InChI is InChI=1S/C13H20F2N4O3/c1-13(2,3)22-12(21)16-7-8-6-9(10(20)18(4)5)17-19(8)11(14)15/h6,11H,7H2,1-5H3,(H,16,21). The first kappa shape index (κ1) is 17.9. The molecular weight excluding hydrogens is 298 g/mol. The van der Waals surface area contributed by atoms with Crippen molar-refractivity contribution in [1.82, 2.24) is 20.0 Å². The second-order valence-corrected chi connectivity index (χ2v) is 5.80. The smallest absolute Gasteiger partial charge is 0.407 e. The van der Waals surface area contributed by atoms with Crippen LogP contribution in [0.15, 0.2) is 6.07 Å². The minimum absolute atomic E-state index is 0.00561. The predicted molar refractivity (Wildman–Crippen MR) is 74.6 cm³/mol. The summed E-state index contributed by atoms with van der Waals surface area (Å²) in [5.41, 5.74) is -0.809. The second kappa shape index (κ2) is 6.71. The Labute approximate surface area is 127 Å². The largest absolute Gasteiger partial charge is 0.444 e. The van der Waals surface area contributed by atoms with E-state index in [0.717, 1.165) is 0 Å². The molecule has 1 N–H and O–H groups in total. The number of hydrogen-bond acceptors (Lipinski definition) is 4. The number of alkyl carbamates (subject to hydrolysis) is 1. The van der Waals surface area contributed by atoms with Crippen molar-refractivity contribution in [2.45, 2.75) is 39.5 Å². The first-order valence-electron chi connectivity index (χ1n) is 6.56. The molecule has 0 radical (unpaired) electrons. The number of carbonyl (C=O) groups excluding carboxylic acids is 2. The summed E-state index contributed by atoms with van der Waals surface area (Å²) in [7, 11) is 2.98. The van der Waals surface area contributed by atoms with Crippen molar-refractivity contribution in [3.8, 4) is 0 Å². The summed E-state index contributed by atoms with van der Waals surface area (Å²) in [5.74, 6) is -0.502. The van der Waals surface area contributed by atoms with E-state index in [9.17, 15) is 18.4 Å². The molecule has 2 amide bonds. The van der Waals surface area contributed by atoms with Crippen LogP contribution in [0.5, 0.6) is 0 Å². The highest BCUT2D eigenvalue weighted by Crippen LogP contribution is 2.16. The lowest BCUT2D eigenvalue weighted by Gasteiger charge is -2.19. The fraction of sp³-hybridized carbons (Fsp3) is 0.615. The number of amides is 2. The third-order valence-corrected chi connectivity index (χ3v) is 2.44. The Hall–Kier alpha value is -2.19. The molecule has 1 aromatic rings. The molecule has 7 nitrogen and oxygen atoms in total. The van der Waals surface area contributed by atoms with Crippen LogP contribution in [0.2, 0.25) is 0 Å². The SMILES string of the molecule is CN(C)C(=O)c1cc(CNC(=O)OC(C)(C)C)n(C(F)F)n1. The van der Waals surface area contributed by atoms with E-state index in [1.807, 2.05) is 0 Å². The molecule has 0 spiro atoms. The molecule has 0 unspecified atom stereocenters. The monoisotopic (exact) mass is 318 g/mol. The van der Waals surface area contributed by atoms with Gasteiger partial charge in [0.15, 0.2) is 5.69 Å². The lowest BCUT2D eigenvalue weighted by Crippen LogP contribution is -2.32. The van der Waals surface area contributed by atoms with Crippen LogP contribution in [0.25, 0.3) is 0 Å². The van der Waals surface area contributed by atoms with Gasteiger partial charge in [-0.05, 0) is 26.8 Å². The number of nitrogens with one attached hydrogen (secondary N) is 1. The minimum Gasteiger partial charge on any atom is -0.444 e. The minimum atomic E-state index is -2.92. The van der Waals surface area contributed by atoms with Gasteiger partial charge in [-0.25, -0.2) is 9.48 Å². The molecule has 1 rings (SSSR count). The molecule has 0 fully saturated rings. The van der Waals surface area contributed by atoms with Crippen molar-refractivity contribution in [3.63, 3.8) is 0 Å². The fourth-order valence-electron chi connectivity index (χ4n) is 1.54. The number of hydrogen-bond donors (Lipinski definition) is 1. The van der Waals surface area contributed by atoms with E-state index < -0.39 is 24.2 Å². The van der Waals surface area contributed by atoms with Crippen LogP contribution in [0.3, 0.4) is 0 Å². The Morgan fingerprint density at radius 1 is 1.41 bits per heavy atom. The van der Waals surface area contributed by atoms with Crippen molar-refractivity contribution < 1.29 is 23.1 Å². The van der Waals surface area contributed by atoms with Gasteiger partial charge in [0.25, 0.3) is 5.91 Å². The Kier molecular flexibility index (Phi) is 5.45. The van der Waals surface area contributed by atoms with Gasteiger partial charge in [0.2, 0.25) is 0 Å². The van der Waals surface area contributed by atoms with Crippen LogP contribution in [0.1, 0.15) is 43.5 Å². The Balaban J connectivity index is 2.85. The highest BCUT2D eigenvalue weighted by molar-refractivity contribution is 5.92. The Morgan fingerprint density at radius 3 is 2.45 bits per heavy atom. The molecule has 0 aromatic carbocycles. The van der Waals surface area contributed by atoms with Crippen LogP contribution < -0.4 is 5.32 Å². The summed E-state index contributed by atoms with van der Waals surface area (Å²) < 4.78 is 31.3. The molecule has 0 aliphatic rings. The van der Waals surface area contributed by atoms with Gasteiger partial charge in [0, 0.05) is 14.1 Å². The summed E-state index contributed by atoms with van der Waals surface area (Å²) in [5, 5.41) is 5.92. The molecule has 0 bridgehead atoms. The summed E-state index contributed by atoms with van der Waals surface area (Å²) in [4.78, 5) is 24.5. The summed E-state index contributed by atoms with van der Waals surface area (Å²) in [6.07, 6.45) is -0.741. The number of ether oxygens (including phenoxy) is 1. The first-order valence-corrected chi connectivity index (χ1v) is 6.56. The number of halogens is 2. The molecule has 0 saturated heterocycles. The highest BCUT2D eigenvalue weighted by Gasteiger charge is 2.21. The molecule has 124 valence electrons. The van der Waals surface area contributed by atoms with E-state index >= 15 is 0 Å². The number of aromatic nitrogens is 2. The molecule has 0 saturated carbocycles. The molecule has 0 aliphatic carbocycles. The summed E-state index contributed by atoms with van der Waals surface area (Å²) >= 11 is 0. The zero-order valence-electron chi connectivity index (χ0n) is 13.2. The fourth-order valence-corrected chi connectivity index (χ4v) is 1.54. The zero-order chi connectivity index (χ0) is 17.1. The third kappa shape index (κ3) is 4.97. The van der Waals surface area contributed by atoms with E-state index in [2.05, 4.69) is 10.4 Å². The second-order valence-electron chi connectivity index (χ2n) is 5.80. The predicted octanol–water partition coefficient (Wildman–Crippen LogP) is 2.00. The van der Waals surface area contributed by atoms with Crippen LogP contribution in [-0.2, 0) is 11.3 Å². The summed E-state index contributed by atoms with van der Waals surface area (Å²) in [6, 6.07) is 1.21. The van der Waals surface area contributed by atoms with E-state index in [1.54, 1.807) is 20.8 Å². The molecule has 0 atom stereocenters. The number of nitrogens with zero attached hydrogens (tertiary/aromatic N) is 3. The van der Waals surface area contributed by atoms with Gasteiger partial charge in [0.1, 0.15) is 5.60 Å². The maximum Gasteiger partial charge on any atom is 0.407 e. The van der Waals surface area contributed by atoms with Crippen LogP contribution in [0.4, 0.5) is 13.6 Å². The maximum atomic E-state index is 12.9. The van der Waals surface area contributed by atoms with Gasteiger partial charge in [-0.1, -0.05) is 0 Å². The van der Waals surface area contributed by atoms with Crippen LogP contribution in [-0.4, -0.2) is 46.4 Å². The van der Waals surface area contributed by atoms with Gasteiger partial charge in [-0.3, -0.25) is 4.79 Å². The maximum absolute atomic E-state index is 12.9. The molecular formula is C13H20F2N4O3. The molecule has 9 heteroatoms. The van der Waals surface area contributed by atoms with Gasteiger partial charge in [-0.2, -0.15) is 13.9 Å². The highest BCUT2D eigenvalue weighted by atomic mass is 19.3. The lowest BCUT2D eigenvalue weighted by molar-refractivity contribution is 0.0462. The Morgan fingerprint density at radius 2 is 2.00 bits per heavy atom. The van der Waals surface area contributed by atoms with Crippen molar-refractivity contribution >= 4 is 12.0 Å². The molecule has 0 aliphatic heterocycles. The van der Waals surface area contributed by atoms with Crippen LogP contribution >= 0.6 is 0 Å².